The molecule has 28 heavy (non-hydrogen) atoms. The molecule has 146 valence electrons. The fourth-order valence-corrected chi connectivity index (χ4v) is 2.98. The lowest BCUT2D eigenvalue weighted by molar-refractivity contribution is -0.119. The number of aromatic nitrogens is 2. The van der Waals surface area contributed by atoms with Gasteiger partial charge in [0.15, 0.2) is 12.0 Å². The Morgan fingerprint density at radius 1 is 1.36 bits per heavy atom. The molecule has 0 unspecified atom stereocenters. The van der Waals surface area contributed by atoms with E-state index < -0.39 is 0 Å². The van der Waals surface area contributed by atoms with Crippen LogP contribution in [0.15, 0.2) is 36.8 Å². The molecule has 0 bridgehead atoms. The first-order valence-electron chi connectivity index (χ1n) is 8.98. The van der Waals surface area contributed by atoms with E-state index in [1.54, 1.807) is 53.4 Å². The molecule has 0 radical (unpaired) electrons. The van der Waals surface area contributed by atoms with Gasteiger partial charge in [0, 0.05) is 38.0 Å². The molecule has 1 aromatic carbocycles. The molecule has 0 saturated carbocycles. The van der Waals surface area contributed by atoms with Crippen LogP contribution in [0.4, 0.5) is 5.82 Å². The van der Waals surface area contributed by atoms with Crippen molar-refractivity contribution in [2.45, 2.75) is 6.42 Å². The topological polar surface area (TPSA) is 112 Å². The number of ether oxygens (including phenoxy) is 1. The molecule has 0 spiro atoms. The number of rotatable bonds is 7. The van der Waals surface area contributed by atoms with Crippen molar-refractivity contribution in [2.75, 3.05) is 38.7 Å². The molecule has 1 atom stereocenters. The molecule has 1 saturated heterocycles. The van der Waals surface area contributed by atoms with Gasteiger partial charge < -0.3 is 24.8 Å². The highest BCUT2D eigenvalue weighted by atomic mass is 16.5. The zero-order chi connectivity index (χ0) is 19.9. The van der Waals surface area contributed by atoms with Gasteiger partial charge in [-0.25, -0.2) is 4.98 Å². The summed E-state index contributed by atoms with van der Waals surface area (Å²) in [6.45, 7) is 1.96. The Hall–Kier alpha value is -3.38. The zero-order valence-corrected chi connectivity index (χ0v) is 15.6. The van der Waals surface area contributed by atoms with Crippen molar-refractivity contribution in [1.82, 2.24) is 19.8 Å². The number of amides is 2. The maximum atomic E-state index is 12.3. The van der Waals surface area contributed by atoms with Gasteiger partial charge >= 0.3 is 0 Å². The monoisotopic (exact) mass is 382 g/mol. The number of carbonyl (C=O) groups excluding carboxylic acids is 2. The molecule has 1 aliphatic heterocycles. The van der Waals surface area contributed by atoms with Crippen LogP contribution >= 0.6 is 0 Å². The van der Waals surface area contributed by atoms with Crippen molar-refractivity contribution in [3.05, 3.63) is 42.4 Å². The first-order valence-corrected chi connectivity index (χ1v) is 8.98. The van der Waals surface area contributed by atoms with Crippen LogP contribution in [0.25, 0.3) is 5.69 Å². The molecule has 2 heterocycles. The smallest absolute Gasteiger partial charge is 0.251 e. The summed E-state index contributed by atoms with van der Waals surface area (Å²) in [5.74, 6) is -0.0567. The third-order valence-corrected chi connectivity index (χ3v) is 4.55. The first kappa shape index (κ1) is 19.4. The summed E-state index contributed by atoms with van der Waals surface area (Å²) in [7, 11) is 1.58. The molecule has 9 heteroatoms. The van der Waals surface area contributed by atoms with Gasteiger partial charge in [-0.05, 0) is 30.7 Å². The van der Waals surface area contributed by atoms with Gasteiger partial charge in [0.05, 0.1) is 18.7 Å². The normalized spacial score (nSPS) is 15.9. The maximum absolute atomic E-state index is 12.3. The summed E-state index contributed by atoms with van der Waals surface area (Å²) < 4.78 is 6.67. The second-order valence-electron chi connectivity index (χ2n) is 6.48. The number of anilines is 1. The van der Waals surface area contributed by atoms with Crippen LogP contribution in [0, 0.1) is 17.4 Å². The summed E-state index contributed by atoms with van der Waals surface area (Å²) in [4.78, 5) is 30.1. The van der Waals surface area contributed by atoms with Gasteiger partial charge in [-0.1, -0.05) is 0 Å². The Balaban J connectivity index is 1.58. The average molecular weight is 382 g/mol. The number of nitriles is 1. The number of carbonyl (C=O) groups is 2. The van der Waals surface area contributed by atoms with Gasteiger partial charge in [-0.3, -0.25) is 9.59 Å². The van der Waals surface area contributed by atoms with E-state index in [0.29, 0.717) is 44.0 Å². The van der Waals surface area contributed by atoms with Gasteiger partial charge in [0.25, 0.3) is 5.91 Å². The number of methoxy groups -OCH3 is 1. The number of benzene rings is 1. The van der Waals surface area contributed by atoms with Crippen molar-refractivity contribution in [3.8, 4) is 11.9 Å². The maximum Gasteiger partial charge on any atom is 0.251 e. The second kappa shape index (κ2) is 9.01. The second-order valence-corrected chi connectivity index (χ2v) is 6.48. The Morgan fingerprint density at radius 3 is 2.82 bits per heavy atom. The highest BCUT2D eigenvalue weighted by molar-refractivity contribution is 5.94. The van der Waals surface area contributed by atoms with E-state index in [9.17, 15) is 9.59 Å². The Bertz CT molecular complexity index is 871. The third-order valence-electron chi connectivity index (χ3n) is 4.55. The summed E-state index contributed by atoms with van der Waals surface area (Å²) in [6, 6.07) is 7.07. The van der Waals surface area contributed by atoms with E-state index in [4.69, 9.17) is 10.00 Å². The van der Waals surface area contributed by atoms with Crippen LogP contribution in [-0.4, -0.2) is 59.6 Å². The summed E-state index contributed by atoms with van der Waals surface area (Å²) in [5.41, 5.74) is 1.37. The lowest BCUT2D eigenvalue weighted by atomic mass is 10.1. The molecular weight excluding hydrogens is 360 g/mol. The van der Waals surface area contributed by atoms with Crippen molar-refractivity contribution in [1.29, 1.82) is 5.26 Å². The average Bonchev–Trinajstić information content (AvgIpc) is 3.38. The predicted octanol–water partition coefficient (Wildman–Crippen LogP) is 0.990. The number of likely N-dealkylation sites (tertiary alicyclic amines) is 1. The minimum absolute atomic E-state index is 0.133. The molecule has 3 rings (SSSR count). The SMILES string of the molecule is COCCNC(=O)c1ccc(-n2cnc(NC(=O)[C@H]3CCN(C#N)C3)c2)cc1. The summed E-state index contributed by atoms with van der Waals surface area (Å²) in [5, 5.41) is 14.4. The minimum Gasteiger partial charge on any atom is -0.383 e. The van der Waals surface area contributed by atoms with Crippen molar-refractivity contribution >= 4 is 17.6 Å². The van der Waals surface area contributed by atoms with Gasteiger partial charge in [0.2, 0.25) is 5.91 Å². The number of hydrogen-bond acceptors (Lipinski definition) is 6. The molecule has 1 fully saturated rings. The molecule has 9 nitrogen and oxygen atoms in total. The van der Waals surface area contributed by atoms with Crippen LogP contribution in [0.1, 0.15) is 16.8 Å². The Kier molecular flexibility index (Phi) is 6.24. The Morgan fingerprint density at radius 2 is 2.14 bits per heavy atom. The van der Waals surface area contributed by atoms with Crippen LogP contribution in [0.5, 0.6) is 0 Å². The minimum atomic E-state index is -0.208. The van der Waals surface area contributed by atoms with Gasteiger partial charge in [-0.15, -0.1) is 0 Å². The quantitative estimate of drug-likeness (QED) is 0.546. The van der Waals surface area contributed by atoms with Crippen LogP contribution in [0.2, 0.25) is 0 Å². The molecular formula is C19H22N6O3. The number of nitrogens with zero attached hydrogens (tertiary/aromatic N) is 4. The van der Waals surface area contributed by atoms with E-state index in [0.717, 1.165) is 5.69 Å². The van der Waals surface area contributed by atoms with Gasteiger partial charge in [0.1, 0.15) is 6.33 Å². The van der Waals surface area contributed by atoms with Crippen LogP contribution in [0.3, 0.4) is 0 Å². The highest BCUT2D eigenvalue weighted by Gasteiger charge is 2.28. The van der Waals surface area contributed by atoms with E-state index >= 15 is 0 Å². The lowest BCUT2D eigenvalue weighted by Gasteiger charge is -2.09. The number of nitrogens with one attached hydrogen (secondary N) is 2. The molecule has 1 aliphatic rings. The molecule has 0 aliphatic carbocycles. The molecule has 2 aromatic rings. The van der Waals surface area contributed by atoms with E-state index in [1.807, 2.05) is 0 Å². The predicted molar refractivity (Wildman–Crippen MR) is 102 cm³/mol. The fraction of sp³-hybridized carbons (Fsp3) is 0.368. The van der Waals surface area contributed by atoms with E-state index in [-0.39, 0.29) is 17.7 Å². The standard InChI is InChI=1S/C19H22N6O3/c1-28-9-7-21-18(26)14-2-4-16(5-3-14)25-11-17(22-13-25)23-19(27)15-6-8-24(10-15)12-20/h2-5,11,13,15H,6-10H2,1H3,(H,21,26)(H,23,27)/t15-/m0/s1. The Labute approximate surface area is 162 Å². The molecule has 2 amide bonds. The van der Waals surface area contributed by atoms with Crippen molar-refractivity contribution in [2.24, 2.45) is 5.92 Å². The third kappa shape index (κ3) is 4.66. The van der Waals surface area contributed by atoms with Crippen LogP contribution < -0.4 is 10.6 Å². The number of imidazole rings is 1. The van der Waals surface area contributed by atoms with Crippen molar-refractivity contribution in [3.63, 3.8) is 0 Å². The summed E-state index contributed by atoms with van der Waals surface area (Å²) >= 11 is 0. The first-order chi connectivity index (χ1) is 13.6. The fourth-order valence-electron chi connectivity index (χ4n) is 2.98. The van der Waals surface area contributed by atoms with E-state index in [2.05, 4.69) is 21.8 Å². The zero-order valence-electron chi connectivity index (χ0n) is 15.6. The van der Waals surface area contributed by atoms with Crippen LogP contribution in [-0.2, 0) is 9.53 Å². The summed E-state index contributed by atoms with van der Waals surface area (Å²) in [6.07, 6.45) is 6.03. The van der Waals surface area contributed by atoms with Crippen molar-refractivity contribution < 1.29 is 14.3 Å². The number of hydrogen-bond donors (Lipinski definition) is 2. The van der Waals surface area contributed by atoms with E-state index in [1.165, 1.54) is 0 Å². The van der Waals surface area contributed by atoms with Gasteiger partial charge in [-0.2, -0.15) is 5.26 Å². The lowest BCUT2D eigenvalue weighted by Crippen LogP contribution is -2.26. The molecule has 2 N–H and O–H groups in total. The molecule has 1 aromatic heterocycles. The highest BCUT2D eigenvalue weighted by Crippen LogP contribution is 2.18. The largest absolute Gasteiger partial charge is 0.383 e.